The first kappa shape index (κ1) is 21.4. The zero-order valence-electron chi connectivity index (χ0n) is 12.6. The lowest BCUT2D eigenvalue weighted by molar-refractivity contribution is -0.477. The number of hydrogen-bond donors (Lipinski definition) is 2. The van der Waals surface area contributed by atoms with Crippen LogP contribution >= 0.6 is 0 Å². The van der Waals surface area contributed by atoms with Gasteiger partial charge in [0.05, 0.1) is 0 Å². The van der Waals surface area contributed by atoms with E-state index in [0.717, 1.165) is 0 Å². The lowest BCUT2D eigenvalue weighted by atomic mass is 9.95. The molecule has 0 amide bonds. The second kappa shape index (κ2) is 5.12. The number of fused-ring (bicyclic) bond motifs is 1. The number of rotatable bonds is 2. The van der Waals surface area contributed by atoms with Crippen molar-refractivity contribution in [2.24, 2.45) is 0 Å². The van der Waals surface area contributed by atoms with Gasteiger partial charge in [0.1, 0.15) is 6.10 Å². The molecule has 4 atom stereocenters. The summed E-state index contributed by atoms with van der Waals surface area (Å²) in [6, 6.07) is 0. The normalized spacial score (nSPS) is 38.5. The fourth-order valence-corrected chi connectivity index (χ4v) is 2.64. The summed E-state index contributed by atoms with van der Waals surface area (Å²) in [5.41, 5.74) is 0. The van der Waals surface area contributed by atoms with Gasteiger partial charge in [0, 0.05) is 0 Å². The highest BCUT2D eigenvalue weighted by Gasteiger charge is 2.90. The first-order chi connectivity index (χ1) is 11.2. The van der Waals surface area contributed by atoms with Crippen molar-refractivity contribution < 1.29 is 68.3 Å². The predicted molar refractivity (Wildman–Crippen MR) is 56.8 cm³/mol. The molecule has 0 aromatic carbocycles. The largest absolute Gasteiger partial charge is 0.459 e. The zero-order valence-corrected chi connectivity index (χ0v) is 12.6. The minimum absolute atomic E-state index is 0.705. The number of ether oxygens (including phenoxy) is 3. The first-order valence-corrected chi connectivity index (χ1v) is 6.54. The van der Waals surface area contributed by atoms with Crippen LogP contribution in [0.25, 0.3) is 0 Å². The van der Waals surface area contributed by atoms with E-state index in [-0.39, 0.29) is 0 Å². The Hall–Kier alpha value is -0.900. The Labute approximate surface area is 137 Å². The van der Waals surface area contributed by atoms with E-state index in [1.54, 1.807) is 0 Å². The van der Waals surface area contributed by atoms with Gasteiger partial charge in [-0.15, -0.1) is 0 Å². The van der Waals surface area contributed by atoms with Crippen LogP contribution in [0, 0.1) is 0 Å². The van der Waals surface area contributed by atoms with Crippen LogP contribution in [-0.2, 0) is 14.2 Å². The lowest BCUT2D eigenvalue weighted by Gasteiger charge is -2.39. The molecule has 2 saturated heterocycles. The van der Waals surface area contributed by atoms with E-state index in [2.05, 4.69) is 14.2 Å². The predicted octanol–water partition coefficient (Wildman–Crippen LogP) is 2.31. The number of aliphatic hydroxyl groups excluding tert-OH is 1. The number of aliphatic hydroxyl groups is 2. The second-order valence-electron chi connectivity index (χ2n) is 6.10. The Kier molecular flexibility index (Phi) is 4.22. The van der Waals surface area contributed by atoms with Gasteiger partial charge in [-0.3, -0.25) is 0 Å². The Morgan fingerprint density at radius 2 is 1.19 bits per heavy atom. The molecule has 0 aromatic rings. The number of alkyl halides is 10. The smallest absolute Gasteiger partial charge is 0.384 e. The minimum atomic E-state index is -6.69. The molecule has 26 heavy (non-hydrogen) atoms. The van der Waals surface area contributed by atoms with Gasteiger partial charge in [-0.1, -0.05) is 0 Å². The molecule has 0 radical (unpaired) electrons. The maximum Gasteiger partial charge on any atom is 0.459 e. The van der Waals surface area contributed by atoms with Gasteiger partial charge in [-0.2, -0.15) is 43.9 Å². The Morgan fingerprint density at radius 3 is 1.58 bits per heavy atom. The van der Waals surface area contributed by atoms with Crippen molar-refractivity contribution in [3.05, 3.63) is 0 Å². The van der Waals surface area contributed by atoms with E-state index in [0.29, 0.717) is 13.8 Å². The maximum atomic E-state index is 13.9. The van der Waals surface area contributed by atoms with Gasteiger partial charge in [-0.25, -0.2) is 0 Å². The molecule has 2 rings (SSSR count). The fraction of sp³-hybridized carbons (Fsp3) is 1.00. The van der Waals surface area contributed by atoms with Gasteiger partial charge in [0.25, 0.3) is 11.6 Å². The van der Waals surface area contributed by atoms with Gasteiger partial charge in [0.15, 0.2) is 11.9 Å². The number of halogens is 10. The molecule has 2 aliphatic rings. The van der Waals surface area contributed by atoms with Crippen molar-refractivity contribution in [1.82, 2.24) is 0 Å². The zero-order chi connectivity index (χ0) is 20.8. The Bertz CT molecular complexity index is 587. The van der Waals surface area contributed by atoms with Crippen molar-refractivity contribution in [3.8, 4) is 0 Å². The third kappa shape index (κ3) is 2.43. The molecule has 0 saturated carbocycles. The summed E-state index contributed by atoms with van der Waals surface area (Å²) in [4.78, 5) is 0. The SMILES string of the molecule is CC1(C)O[C@@H]2[C@H](O)[C@@](O)(C(F)(F)C(F)(F)F)O[C@]2(C(F)(F)C(F)(F)F)O1. The van der Waals surface area contributed by atoms with Crippen LogP contribution in [0.3, 0.4) is 0 Å². The quantitative estimate of drug-likeness (QED) is 0.682. The van der Waals surface area contributed by atoms with Gasteiger partial charge in [0.2, 0.25) is 0 Å². The Morgan fingerprint density at radius 1 is 0.769 bits per heavy atom. The third-order valence-electron chi connectivity index (χ3n) is 3.78. The van der Waals surface area contributed by atoms with Crippen LogP contribution in [-0.4, -0.2) is 64.0 Å². The highest BCUT2D eigenvalue weighted by atomic mass is 19.4. The molecular weight excluding hydrogens is 402 g/mol. The van der Waals surface area contributed by atoms with Gasteiger partial charge < -0.3 is 24.4 Å². The van der Waals surface area contributed by atoms with Crippen LogP contribution in [0.2, 0.25) is 0 Å². The molecule has 0 aliphatic carbocycles. The van der Waals surface area contributed by atoms with E-state index >= 15 is 0 Å². The minimum Gasteiger partial charge on any atom is -0.384 e. The monoisotopic (exact) mass is 412 g/mol. The van der Waals surface area contributed by atoms with E-state index < -0.39 is 53.8 Å². The Balaban J connectivity index is 2.67. The van der Waals surface area contributed by atoms with Crippen molar-refractivity contribution in [2.75, 3.05) is 0 Å². The molecule has 154 valence electrons. The van der Waals surface area contributed by atoms with Crippen LogP contribution in [0.1, 0.15) is 13.8 Å². The average molecular weight is 412 g/mol. The number of hydrogen-bond acceptors (Lipinski definition) is 5. The molecule has 2 N–H and O–H groups in total. The summed E-state index contributed by atoms with van der Waals surface area (Å²) < 4.78 is 143. The maximum absolute atomic E-state index is 13.9. The molecular formula is C11H10F10O5. The van der Waals surface area contributed by atoms with Gasteiger partial charge >= 0.3 is 24.2 Å². The van der Waals surface area contributed by atoms with Crippen LogP contribution in [0.15, 0.2) is 0 Å². The summed E-state index contributed by atoms with van der Waals surface area (Å²) in [6.07, 6.45) is -20.2. The van der Waals surface area contributed by atoms with Crippen molar-refractivity contribution in [1.29, 1.82) is 0 Å². The van der Waals surface area contributed by atoms with Crippen LogP contribution < -0.4 is 0 Å². The molecule has 0 bridgehead atoms. The summed E-state index contributed by atoms with van der Waals surface area (Å²) in [7, 11) is 0. The molecule has 0 aromatic heterocycles. The molecule has 0 unspecified atom stereocenters. The first-order valence-electron chi connectivity index (χ1n) is 6.54. The highest BCUT2D eigenvalue weighted by molar-refractivity contribution is 5.17. The molecule has 15 heteroatoms. The van der Waals surface area contributed by atoms with E-state index in [1.807, 2.05) is 0 Å². The second-order valence-corrected chi connectivity index (χ2v) is 6.10. The standard InChI is InChI=1S/C11H10F10O5/c1-5(2)24-4-3(22)6(23,8(12,13)10(16,17)18)26-7(4,25-5)9(14,15)11(19,20)21/h3-4,22-23H,1-2H3/t3-,4+,6-,7+/m0/s1. The average Bonchev–Trinajstić information content (AvgIpc) is 2.77. The summed E-state index contributed by atoms with van der Waals surface area (Å²) in [6.45, 7) is 1.41. The van der Waals surface area contributed by atoms with Crippen molar-refractivity contribution in [3.63, 3.8) is 0 Å². The summed E-state index contributed by atoms with van der Waals surface area (Å²) in [5.74, 6) is -25.1. The fourth-order valence-electron chi connectivity index (χ4n) is 2.64. The van der Waals surface area contributed by atoms with E-state index in [1.165, 1.54) is 0 Å². The van der Waals surface area contributed by atoms with E-state index in [9.17, 15) is 54.1 Å². The van der Waals surface area contributed by atoms with E-state index in [4.69, 9.17) is 0 Å². The molecule has 2 aliphatic heterocycles. The van der Waals surface area contributed by atoms with Crippen LogP contribution in [0.4, 0.5) is 43.9 Å². The van der Waals surface area contributed by atoms with Crippen molar-refractivity contribution in [2.45, 2.75) is 67.6 Å². The molecule has 5 nitrogen and oxygen atoms in total. The molecule has 2 heterocycles. The van der Waals surface area contributed by atoms with Crippen LogP contribution in [0.5, 0.6) is 0 Å². The summed E-state index contributed by atoms with van der Waals surface area (Å²) in [5, 5.41) is 19.1. The molecule has 0 spiro atoms. The summed E-state index contributed by atoms with van der Waals surface area (Å²) >= 11 is 0. The van der Waals surface area contributed by atoms with Crippen molar-refractivity contribution >= 4 is 0 Å². The highest BCUT2D eigenvalue weighted by Crippen LogP contribution is 2.62. The third-order valence-corrected chi connectivity index (χ3v) is 3.78. The topological polar surface area (TPSA) is 68.2 Å². The lowest BCUT2D eigenvalue weighted by Crippen LogP contribution is -2.65. The molecule has 2 fully saturated rings. The van der Waals surface area contributed by atoms with Gasteiger partial charge in [-0.05, 0) is 13.8 Å².